The van der Waals surface area contributed by atoms with Gasteiger partial charge >= 0.3 is 0 Å². The van der Waals surface area contributed by atoms with E-state index in [1.54, 1.807) is 18.2 Å². The Hall–Kier alpha value is -4.12. The smallest absolute Gasteiger partial charge is 0.261 e. The van der Waals surface area contributed by atoms with E-state index in [0.29, 0.717) is 11.4 Å². The summed E-state index contributed by atoms with van der Waals surface area (Å²) in [4.78, 5) is 4.42. The average molecular weight is 435 g/mol. The number of nitrogens with zero attached hydrogens (tertiary/aromatic N) is 5. The molecule has 0 amide bonds. The van der Waals surface area contributed by atoms with Gasteiger partial charge in [-0.25, -0.2) is 17.8 Å². The van der Waals surface area contributed by atoms with Crippen LogP contribution >= 0.6 is 0 Å². The maximum atomic E-state index is 14.1. The van der Waals surface area contributed by atoms with Crippen LogP contribution in [0.4, 0.5) is 10.1 Å². The number of sulfonamides is 1. The normalized spacial score (nSPS) is 11.6. The Morgan fingerprint density at radius 1 is 1.03 bits per heavy atom. The number of tetrazole rings is 1. The highest BCUT2D eigenvalue weighted by Crippen LogP contribution is 2.26. The molecule has 0 bridgehead atoms. The first-order chi connectivity index (χ1) is 15.0. The highest BCUT2D eigenvalue weighted by atomic mass is 32.2. The Kier molecular flexibility index (Phi) is 4.44. The van der Waals surface area contributed by atoms with Crippen LogP contribution < -0.4 is 4.72 Å². The largest absolute Gasteiger partial charge is 0.306 e. The van der Waals surface area contributed by atoms with E-state index >= 15 is 0 Å². The molecular formula is C20H14FN7O2S. The molecular weight excluding hydrogens is 421 g/mol. The second kappa shape index (κ2) is 7.29. The summed E-state index contributed by atoms with van der Waals surface area (Å²) in [6.45, 7) is 0. The number of nitrogens with one attached hydrogen (secondary N) is 2. The third-order valence-electron chi connectivity index (χ3n) is 4.61. The molecule has 11 heteroatoms. The standard InChI is InChI=1S/C20H14FN7O2S/c21-17-8-7-15(11-16(17)20-23-26-27-24-20)31(29,30)25-14-5-3-4-13(10-14)18-12-28-9-2-1-6-19(28)22-18/h1-12,25H,(H,23,24,26,27). The maximum Gasteiger partial charge on any atom is 0.261 e. The number of hydrogen-bond acceptors (Lipinski definition) is 6. The molecule has 0 aliphatic rings. The van der Waals surface area contributed by atoms with E-state index in [2.05, 4.69) is 30.3 Å². The number of halogens is 1. The van der Waals surface area contributed by atoms with Crippen molar-refractivity contribution in [2.24, 2.45) is 0 Å². The van der Waals surface area contributed by atoms with Crippen molar-refractivity contribution in [3.63, 3.8) is 0 Å². The second-order valence-corrected chi connectivity index (χ2v) is 8.34. The van der Waals surface area contributed by atoms with Gasteiger partial charge in [-0.3, -0.25) is 4.72 Å². The summed E-state index contributed by atoms with van der Waals surface area (Å²) in [5.41, 5.74) is 2.50. The number of aromatic amines is 1. The quantitative estimate of drug-likeness (QED) is 0.438. The fourth-order valence-corrected chi connectivity index (χ4v) is 4.22. The van der Waals surface area contributed by atoms with E-state index in [0.717, 1.165) is 23.3 Å². The van der Waals surface area contributed by atoms with Crippen LogP contribution in [0.15, 0.2) is 78.0 Å². The molecule has 3 heterocycles. The minimum Gasteiger partial charge on any atom is -0.306 e. The summed E-state index contributed by atoms with van der Waals surface area (Å²) < 4.78 is 44.3. The van der Waals surface area contributed by atoms with Gasteiger partial charge in [-0.1, -0.05) is 18.2 Å². The molecule has 0 saturated heterocycles. The number of benzene rings is 2. The molecule has 0 aliphatic carbocycles. The number of anilines is 1. The summed E-state index contributed by atoms with van der Waals surface area (Å²) >= 11 is 0. The number of pyridine rings is 1. The van der Waals surface area contributed by atoms with Gasteiger partial charge in [0.1, 0.15) is 11.5 Å². The van der Waals surface area contributed by atoms with Crippen LogP contribution in [-0.4, -0.2) is 38.4 Å². The Morgan fingerprint density at radius 3 is 2.74 bits per heavy atom. The molecule has 154 valence electrons. The van der Waals surface area contributed by atoms with Crippen LogP contribution in [0, 0.1) is 5.82 Å². The number of hydrogen-bond donors (Lipinski definition) is 2. The van der Waals surface area contributed by atoms with E-state index in [9.17, 15) is 12.8 Å². The molecule has 9 nitrogen and oxygen atoms in total. The Morgan fingerprint density at radius 2 is 1.94 bits per heavy atom. The van der Waals surface area contributed by atoms with Crippen molar-refractivity contribution in [3.05, 3.63) is 78.9 Å². The number of imidazole rings is 1. The minimum atomic E-state index is -4.00. The molecule has 0 unspecified atom stereocenters. The molecule has 31 heavy (non-hydrogen) atoms. The van der Waals surface area contributed by atoms with Crippen molar-refractivity contribution in [2.75, 3.05) is 4.72 Å². The lowest BCUT2D eigenvalue weighted by molar-refractivity contribution is 0.600. The van der Waals surface area contributed by atoms with E-state index in [4.69, 9.17) is 0 Å². The van der Waals surface area contributed by atoms with Gasteiger partial charge in [-0.2, -0.15) is 5.21 Å². The Bertz CT molecular complexity index is 1460. The highest BCUT2D eigenvalue weighted by Gasteiger charge is 2.19. The van der Waals surface area contributed by atoms with Gasteiger partial charge < -0.3 is 4.40 Å². The van der Waals surface area contributed by atoms with E-state index in [-0.39, 0.29) is 16.3 Å². The van der Waals surface area contributed by atoms with Crippen molar-refractivity contribution in [2.45, 2.75) is 4.90 Å². The first kappa shape index (κ1) is 18.9. The van der Waals surface area contributed by atoms with Crippen LogP contribution in [-0.2, 0) is 10.0 Å². The zero-order valence-electron chi connectivity index (χ0n) is 15.8. The van der Waals surface area contributed by atoms with Crippen molar-refractivity contribution >= 4 is 21.4 Å². The lowest BCUT2D eigenvalue weighted by Gasteiger charge is -2.10. The summed E-state index contributed by atoms with van der Waals surface area (Å²) in [5.74, 6) is -0.697. The van der Waals surface area contributed by atoms with Crippen LogP contribution in [0.2, 0.25) is 0 Å². The fourth-order valence-electron chi connectivity index (χ4n) is 3.15. The maximum absolute atomic E-state index is 14.1. The predicted molar refractivity (Wildman–Crippen MR) is 111 cm³/mol. The van der Waals surface area contributed by atoms with Crippen molar-refractivity contribution in [1.29, 1.82) is 0 Å². The van der Waals surface area contributed by atoms with E-state index < -0.39 is 15.8 Å². The van der Waals surface area contributed by atoms with Gasteiger partial charge in [0.15, 0.2) is 0 Å². The Balaban J connectivity index is 1.47. The van der Waals surface area contributed by atoms with Gasteiger partial charge in [0.25, 0.3) is 10.0 Å². The molecule has 0 saturated carbocycles. The zero-order valence-corrected chi connectivity index (χ0v) is 16.6. The van der Waals surface area contributed by atoms with E-state index in [1.165, 1.54) is 6.07 Å². The van der Waals surface area contributed by atoms with Gasteiger partial charge in [0.05, 0.1) is 16.2 Å². The van der Waals surface area contributed by atoms with Gasteiger partial charge in [0.2, 0.25) is 5.82 Å². The van der Waals surface area contributed by atoms with Gasteiger partial charge in [-0.05, 0) is 47.7 Å². The first-order valence-corrected chi connectivity index (χ1v) is 10.6. The molecule has 0 atom stereocenters. The molecule has 5 rings (SSSR count). The van der Waals surface area contributed by atoms with Crippen LogP contribution in [0.3, 0.4) is 0 Å². The van der Waals surface area contributed by atoms with Crippen LogP contribution in [0.5, 0.6) is 0 Å². The molecule has 0 radical (unpaired) electrons. The number of fused-ring (bicyclic) bond motifs is 1. The zero-order chi connectivity index (χ0) is 21.4. The van der Waals surface area contributed by atoms with Crippen molar-refractivity contribution in [1.82, 2.24) is 30.0 Å². The third-order valence-corrected chi connectivity index (χ3v) is 5.99. The Labute approximate surface area is 175 Å². The predicted octanol–water partition coefficient (Wildman–Crippen LogP) is 3.12. The number of H-pyrrole nitrogens is 1. The van der Waals surface area contributed by atoms with Crippen molar-refractivity contribution < 1.29 is 12.8 Å². The third kappa shape index (κ3) is 3.62. The summed E-state index contributed by atoms with van der Waals surface area (Å²) in [6, 6.07) is 15.9. The molecule has 2 N–H and O–H groups in total. The summed E-state index contributed by atoms with van der Waals surface area (Å²) in [6.07, 6.45) is 3.74. The lowest BCUT2D eigenvalue weighted by Crippen LogP contribution is -2.13. The number of aromatic nitrogens is 6. The topological polar surface area (TPSA) is 118 Å². The highest BCUT2D eigenvalue weighted by molar-refractivity contribution is 7.92. The summed E-state index contributed by atoms with van der Waals surface area (Å²) in [5, 5.41) is 13.0. The average Bonchev–Trinajstić information content (AvgIpc) is 3.44. The molecule has 0 aliphatic heterocycles. The van der Waals surface area contributed by atoms with Crippen LogP contribution in [0.1, 0.15) is 0 Å². The molecule has 5 aromatic rings. The fraction of sp³-hybridized carbons (Fsp3) is 0. The van der Waals surface area contributed by atoms with Crippen LogP contribution in [0.25, 0.3) is 28.3 Å². The van der Waals surface area contributed by atoms with E-state index in [1.807, 2.05) is 41.1 Å². The second-order valence-electron chi connectivity index (χ2n) is 6.66. The van der Waals surface area contributed by atoms with Gasteiger partial charge in [-0.15, -0.1) is 10.2 Å². The monoisotopic (exact) mass is 435 g/mol. The lowest BCUT2D eigenvalue weighted by atomic mass is 10.1. The summed E-state index contributed by atoms with van der Waals surface area (Å²) in [7, 11) is -4.00. The van der Waals surface area contributed by atoms with Crippen molar-refractivity contribution in [3.8, 4) is 22.6 Å². The minimum absolute atomic E-state index is 0.0385. The molecule has 3 aromatic heterocycles. The first-order valence-electron chi connectivity index (χ1n) is 9.10. The molecule has 0 fully saturated rings. The number of rotatable bonds is 5. The molecule has 2 aromatic carbocycles. The van der Waals surface area contributed by atoms with Gasteiger partial charge in [0, 0.05) is 23.6 Å². The molecule has 0 spiro atoms. The SMILES string of the molecule is O=S(=O)(Nc1cccc(-c2cn3ccccc3n2)c1)c1ccc(F)c(-c2nn[nH]n2)c1.